The van der Waals surface area contributed by atoms with Gasteiger partial charge in [0.15, 0.2) is 0 Å². The molecule has 0 aliphatic heterocycles. The summed E-state index contributed by atoms with van der Waals surface area (Å²) in [5.41, 5.74) is 4.95. The average Bonchev–Trinajstić information content (AvgIpc) is 2.52. The van der Waals surface area contributed by atoms with Crippen molar-refractivity contribution in [1.82, 2.24) is 0 Å². The van der Waals surface area contributed by atoms with Crippen molar-refractivity contribution in [2.75, 3.05) is 0 Å². The Bertz CT molecular complexity index is 576. The van der Waals surface area contributed by atoms with Gasteiger partial charge >= 0.3 is 25.2 Å². The summed E-state index contributed by atoms with van der Waals surface area (Å²) in [7, 11) is 4.20. The number of para-hydroxylation sites is 1. The maximum absolute atomic E-state index is 9.66. The van der Waals surface area contributed by atoms with Gasteiger partial charge in [0.1, 0.15) is 0 Å². The van der Waals surface area contributed by atoms with E-state index >= 15 is 0 Å². The molecular weight excluding hydrogens is 327 g/mol. The topological polar surface area (TPSA) is 70.8 Å². The van der Waals surface area contributed by atoms with Crippen molar-refractivity contribution in [1.29, 1.82) is 0 Å². The van der Waals surface area contributed by atoms with Crippen molar-refractivity contribution in [2.24, 2.45) is 5.10 Å². The van der Waals surface area contributed by atoms with Crippen LogP contribution in [0, 0.1) is 0 Å². The molecule has 0 aromatic heterocycles. The van der Waals surface area contributed by atoms with Gasteiger partial charge in [0.25, 0.3) is 11.7 Å². The molecule has 0 unspecified atom stereocenters. The van der Waals surface area contributed by atoms with Crippen LogP contribution in [0.5, 0.6) is 5.75 Å². The SMILES string of the molecule is [Cl][Cu+].[OH+]=C([N-]N=Cc1ccccc1[OH2+])c1ccccc1. The third kappa shape index (κ3) is 5.05. The molecule has 0 bridgehead atoms. The van der Waals surface area contributed by atoms with E-state index in [1.807, 2.05) is 24.3 Å². The molecule has 2 rings (SSSR count). The van der Waals surface area contributed by atoms with E-state index in [0.717, 1.165) is 0 Å². The summed E-state index contributed by atoms with van der Waals surface area (Å²) >= 11 is 3.66. The van der Waals surface area contributed by atoms with Crippen molar-refractivity contribution in [3.05, 3.63) is 71.1 Å². The summed E-state index contributed by atoms with van der Waals surface area (Å²) in [6, 6.07) is 16.0. The van der Waals surface area contributed by atoms with Gasteiger partial charge < -0.3 is 15.6 Å². The predicted octanol–water partition coefficient (Wildman–Crippen LogP) is 3.07. The predicted molar refractivity (Wildman–Crippen MR) is 78.8 cm³/mol. The molecule has 0 fully saturated rings. The van der Waals surface area contributed by atoms with Crippen LogP contribution in [0.4, 0.5) is 0 Å². The average molecular weight is 340 g/mol. The summed E-state index contributed by atoms with van der Waals surface area (Å²) in [6.07, 6.45) is 1.45. The van der Waals surface area contributed by atoms with Gasteiger partial charge in [0.2, 0.25) is 0 Å². The molecule has 0 heterocycles. The first-order chi connectivity index (χ1) is 9.77. The first-order valence-corrected chi connectivity index (χ1v) is 6.84. The quantitative estimate of drug-likeness (QED) is 0.357. The van der Waals surface area contributed by atoms with E-state index in [2.05, 4.69) is 35.7 Å². The van der Waals surface area contributed by atoms with Gasteiger partial charge in [-0.3, -0.25) is 4.79 Å². The molecule has 20 heavy (non-hydrogen) atoms. The van der Waals surface area contributed by atoms with Crippen LogP contribution in [-0.2, 0) is 15.1 Å². The number of benzene rings is 2. The van der Waals surface area contributed by atoms with Gasteiger partial charge in [-0.25, -0.2) is 0 Å². The fourth-order valence-electron chi connectivity index (χ4n) is 1.40. The fraction of sp³-hybridized carbons (Fsp3) is 0. The summed E-state index contributed by atoms with van der Waals surface area (Å²) in [6.45, 7) is 0. The second-order valence-corrected chi connectivity index (χ2v) is 3.62. The van der Waals surface area contributed by atoms with Crippen LogP contribution in [0.2, 0.25) is 0 Å². The first-order valence-electron chi connectivity index (χ1n) is 5.55. The van der Waals surface area contributed by atoms with E-state index in [-0.39, 0.29) is 5.91 Å². The van der Waals surface area contributed by atoms with Gasteiger partial charge in [-0.1, -0.05) is 30.3 Å². The number of rotatable bonds is 3. The minimum atomic E-state index is -0.144. The minimum absolute atomic E-state index is 0.144. The standard InChI is InChI=1S/C14H12N2O2.ClH.Cu/c17-13-9-5-4-8-12(13)10-15-16-14(18)11-6-2-1-3-7-11;;/h1-10H,(H2,15,16,17,18);1H;/q;;+2. The molecule has 2 aromatic rings. The van der Waals surface area contributed by atoms with Crippen molar-refractivity contribution in [3.63, 3.8) is 0 Å². The smallest absolute Gasteiger partial charge is 0.275 e. The van der Waals surface area contributed by atoms with Crippen LogP contribution in [0.15, 0.2) is 59.7 Å². The zero-order valence-corrected chi connectivity index (χ0v) is 12.0. The number of hydrogen-bond donors (Lipinski definition) is 0. The molecule has 107 valence electrons. The van der Waals surface area contributed by atoms with E-state index in [1.165, 1.54) is 6.21 Å². The third-order valence-corrected chi connectivity index (χ3v) is 2.34. The molecule has 0 aliphatic carbocycles. The van der Waals surface area contributed by atoms with Crippen LogP contribution in [0.1, 0.15) is 11.1 Å². The second-order valence-electron chi connectivity index (χ2n) is 3.62. The largest absolute Gasteiger partial charge is 0.593 e. The Labute approximate surface area is 129 Å². The Morgan fingerprint density at radius 3 is 2.35 bits per heavy atom. The number of amides is 1. The number of nitrogens with zero attached hydrogens (tertiary/aromatic N) is 2. The van der Waals surface area contributed by atoms with Crippen LogP contribution >= 0.6 is 10.1 Å². The van der Waals surface area contributed by atoms with Crippen LogP contribution in [0.25, 0.3) is 5.43 Å². The zero-order valence-electron chi connectivity index (χ0n) is 10.3. The van der Waals surface area contributed by atoms with E-state index in [0.29, 0.717) is 16.9 Å². The number of hydrogen-bond acceptors (Lipinski definition) is 1. The van der Waals surface area contributed by atoms with Gasteiger partial charge in [0.05, 0.1) is 11.1 Å². The molecular formula is C14H13ClCuN2O2+2. The Kier molecular flexibility index (Phi) is 7.43. The van der Waals surface area contributed by atoms with Crippen molar-refractivity contribution >= 4 is 22.2 Å². The van der Waals surface area contributed by atoms with Crippen molar-refractivity contribution < 1.29 is 25.0 Å². The van der Waals surface area contributed by atoms with E-state index in [1.54, 1.807) is 30.3 Å². The summed E-state index contributed by atoms with van der Waals surface area (Å²) in [4.78, 5) is 9.66. The molecule has 1 amide bonds. The summed E-state index contributed by atoms with van der Waals surface area (Å²) in [5, 5.41) is 11.4. The van der Waals surface area contributed by atoms with Crippen LogP contribution < -0.4 is 0 Å². The van der Waals surface area contributed by atoms with E-state index < -0.39 is 0 Å². The summed E-state index contributed by atoms with van der Waals surface area (Å²) < 4.78 is 0. The Morgan fingerprint density at radius 2 is 1.70 bits per heavy atom. The molecule has 0 saturated heterocycles. The van der Waals surface area contributed by atoms with Crippen molar-refractivity contribution in [3.8, 4) is 5.75 Å². The van der Waals surface area contributed by atoms with Crippen LogP contribution in [0.3, 0.4) is 0 Å². The molecule has 0 atom stereocenters. The molecule has 0 aliphatic rings. The molecule has 0 spiro atoms. The zero-order chi connectivity index (χ0) is 14.8. The Hall–Kier alpha value is -1.81. The van der Waals surface area contributed by atoms with E-state index in [4.69, 9.17) is 5.11 Å². The molecule has 2 aromatic carbocycles. The Morgan fingerprint density at radius 1 is 1.10 bits per heavy atom. The maximum Gasteiger partial charge on any atom is 0.275 e. The molecule has 0 radical (unpaired) electrons. The van der Waals surface area contributed by atoms with Gasteiger partial charge in [0, 0.05) is 12.3 Å². The first kappa shape index (κ1) is 16.2. The van der Waals surface area contributed by atoms with E-state index in [9.17, 15) is 4.79 Å². The van der Waals surface area contributed by atoms with Gasteiger partial charge in [-0.05, 0) is 18.2 Å². The normalized spacial score (nSPS) is 9.75. The molecule has 6 heteroatoms. The van der Waals surface area contributed by atoms with Gasteiger partial charge in [-0.2, -0.15) is 0 Å². The van der Waals surface area contributed by atoms with Crippen molar-refractivity contribution in [2.45, 2.75) is 0 Å². The monoisotopic (exact) mass is 339 g/mol. The third-order valence-electron chi connectivity index (χ3n) is 2.34. The number of carbonyl (C=O) groups excluding carboxylic acids is 1. The second kappa shape index (κ2) is 9.15. The number of halogens is 1. The maximum atomic E-state index is 9.66. The molecule has 0 saturated carbocycles. The minimum Gasteiger partial charge on any atom is -0.593 e. The Balaban J connectivity index is 0.000000956. The molecule has 3 N–H and O–H groups in total. The van der Waals surface area contributed by atoms with Crippen LogP contribution in [-0.4, -0.2) is 22.0 Å². The van der Waals surface area contributed by atoms with Gasteiger partial charge in [-0.15, -0.1) is 0 Å². The summed E-state index contributed by atoms with van der Waals surface area (Å²) in [5.74, 6) is 0.227. The molecule has 4 nitrogen and oxygen atoms in total. The fourth-order valence-corrected chi connectivity index (χ4v) is 1.40.